The maximum absolute atomic E-state index is 4.79. The molecule has 1 saturated carbocycles. The number of nitrogens with one attached hydrogen (secondary N) is 2. The highest BCUT2D eigenvalue weighted by atomic mass is 15.1. The van der Waals surface area contributed by atoms with Crippen LogP contribution in [-0.4, -0.2) is 22.1 Å². The van der Waals surface area contributed by atoms with Gasteiger partial charge in [-0.25, -0.2) is 9.97 Å². The van der Waals surface area contributed by atoms with Crippen LogP contribution in [0.5, 0.6) is 0 Å². The number of rotatable bonds is 7. The van der Waals surface area contributed by atoms with Crippen molar-refractivity contribution in [1.29, 1.82) is 0 Å². The van der Waals surface area contributed by atoms with E-state index in [0.29, 0.717) is 5.92 Å². The Balaban J connectivity index is 2.31. The summed E-state index contributed by atoms with van der Waals surface area (Å²) in [6.07, 6.45) is 6.08. The van der Waals surface area contributed by atoms with Crippen LogP contribution in [0.1, 0.15) is 77.1 Å². The van der Waals surface area contributed by atoms with Crippen molar-refractivity contribution in [1.82, 2.24) is 9.97 Å². The number of hydrogen-bond donors (Lipinski definition) is 2. The number of hydrogen-bond acceptors (Lipinski definition) is 4. The van der Waals surface area contributed by atoms with Crippen LogP contribution < -0.4 is 10.6 Å². The first-order valence-corrected chi connectivity index (χ1v) is 8.42. The molecule has 4 nitrogen and oxygen atoms in total. The zero-order chi connectivity index (χ0) is 15.5. The fraction of sp³-hybridized carbons (Fsp3) is 0.765. The lowest BCUT2D eigenvalue weighted by molar-refractivity contribution is 0.268. The standard InChI is InChI=1S/C17H30N4/c1-6-11-18-15-13(5)16(20-14(19-15)12(3)4)21-17(7-2)9-8-10-17/h12H,6-11H2,1-5H3,(H2,18,19,20,21). The molecule has 0 atom stereocenters. The average Bonchev–Trinajstić information content (AvgIpc) is 2.42. The minimum atomic E-state index is 0.259. The minimum Gasteiger partial charge on any atom is -0.370 e. The topological polar surface area (TPSA) is 49.8 Å². The van der Waals surface area contributed by atoms with Crippen LogP contribution in [0.2, 0.25) is 0 Å². The van der Waals surface area contributed by atoms with E-state index in [9.17, 15) is 0 Å². The average molecular weight is 290 g/mol. The summed E-state index contributed by atoms with van der Waals surface area (Å²) in [6.45, 7) is 11.8. The lowest BCUT2D eigenvalue weighted by Gasteiger charge is -2.43. The highest BCUT2D eigenvalue weighted by Gasteiger charge is 2.35. The molecule has 1 aromatic rings. The van der Waals surface area contributed by atoms with Crippen LogP contribution in [-0.2, 0) is 0 Å². The van der Waals surface area contributed by atoms with Gasteiger partial charge in [-0.1, -0.05) is 27.7 Å². The zero-order valence-electron chi connectivity index (χ0n) is 14.2. The first kappa shape index (κ1) is 16.1. The molecule has 0 amide bonds. The molecular weight excluding hydrogens is 260 g/mol. The van der Waals surface area contributed by atoms with Gasteiger partial charge < -0.3 is 10.6 Å². The first-order valence-electron chi connectivity index (χ1n) is 8.42. The maximum Gasteiger partial charge on any atom is 0.135 e. The predicted octanol–water partition coefficient (Wildman–Crippen LogP) is 4.47. The van der Waals surface area contributed by atoms with E-state index in [2.05, 4.69) is 45.3 Å². The molecule has 2 N–H and O–H groups in total. The van der Waals surface area contributed by atoms with Crippen LogP contribution in [0.15, 0.2) is 0 Å². The molecule has 21 heavy (non-hydrogen) atoms. The van der Waals surface area contributed by atoms with Crippen LogP contribution in [0.4, 0.5) is 11.6 Å². The summed E-state index contributed by atoms with van der Waals surface area (Å²) in [7, 11) is 0. The van der Waals surface area contributed by atoms with Crippen molar-refractivity contribution in [2.75, 3.05) is 17.2 Å². The molecule has 0 aromatic carbocycles. The summed E-state index contributed by atoms with van der Waals surface area (Å²) >= 11 is 0. The molecular formula is C17H30N4. The third-order valence-corrected chi connectivity index (χ3v) is 4.59. The summed E-state index contributed by atoms with van der Waals surface area (Å²) in [6, 6.07) is 0. The molecule has 0 aliphatic heterocycles. The fourth-order valence-corrected chi connectivity index (χ4v) is 2.75. The Bertz CT molecular complexity index is 472. The second kappa shape index (κ2) is 6.63. The number of nitrogens with zero attached hydrogens (tertiary/aromatic N) is 2. The molecule has 1 fully saturated rings. The Kier molecular flexibility index (Phi) is 5.07. The van der Waals surface area contributed by atoms with Gasteiger partial charge in [-0.3, -0.25) is 0 Å². The van der Waals surface area contributed by atoms with Crippen LogP contribution in [0.25, 0.3) is 0 Å². The molecule has 0 spiro atoms. The van der Waals surface area contributed by atoms with Gasteiger partial charge in [0, 0.05) is 23.6 Å². The van der Waals surface area contributed by atoms with E-state index in [1.165, 1.54) is 19.3 Å². The zero-order valence-corrected chi connectivity index (χ0v) is 14.2. The summed E-state index contributed by atoms with van der Waals surface area (Å²) in [5.41, 5.74) is 1.41. The van der Waals surface area contributed by atoms with Crippen LogP contribution >= 0.6 is 0 Å². The molecule has 4 heteroatoms. The summed E-state index contributed by atoms with van der Waals surface area (Å²) in [5, 5.41) is 7.18. The largest absolute Gasteiger partial charge is 0.370 e. The van der Waals surface area contributed by atoms with Gasteiger partial charge in [-0.05, 0) is 39.0 Å². The maximum atomic E-state index is 4.79. The third kappa shape index (κ3) is 3.47. The SMILES string of the molecule is CCCNc1nc(C(C)C)nc(NC2(CC)CCC2)c1C. The Morgan fingerprint density at radius 2 is 1.81 bits per heavy atom. The van der Waals surface area contributed by atoms with Gasteiger partial charge in [0.05, 0.1) is 0 Å². The lowest BCUT2D eigenvalue weighted by Crippen LogP contribution is -2.44. The molecule has 2 rings (SSSR count). The fourth-order valence-electron chi connectivity index (χ4n) is 2.75. The Morgan fingerprint density at radius 3 is 2.29 bits per heavy atom. The molecule has 118 valence electrons. The highest BCUT2D eigenvalue weighted by Crippen LogP contribution is 2.39. The van der Waals surface area contributed by atoms with E-state index >= 15 is 0 Å². The molecule has 0 bridgehead atoms. The molecule has 1 heterocycles. The molecule has 1 aliphatic carbocycles. The van der Waals surface area contributed by atoms with Gasteiger partial charge in [0.15, 0.2) is 0 Å². The predicted molar refractivity (Wildman–Crippen MR) is 90.1 cm³/mol. The lowest BCUT2D eigenvalue weighted by atomic mass is 9.75. The number of anilines is 2. The Labute approximate surface area is 129 Å². The van der Waals surface area contributed by atoms with E-state index in [0.717, 1.165) is 42.4 Å². The molecule has 1 aliphatic rings. The summed E-state index contributed by atoms with van der Waals surface area (Å²) in [4.78, 5) is 9.50. The highest BCUT2D eigenvalue weighted by molar-refractivity contribution is 5.58. The van der Waals surface area contributed by atoms with Crippen LogP contribution in [0, 0.1) is 6.92 Å². The number of aromatic nitrogens is 2. The first-order chi connectivity index (χ1) is 10.0. The molecule has 0 unspecified atom stereocenters. The van der Waals surface area contributed by atoms with Gasteiger partial charge in [-0.15, -0.1) is 0 Å². The van der Waals surface area contributed by atoms with Gasteiger partial charge in [-0.2, -0.15) is 0 Å². The summed E-state index contributed by atoms with van der Waals surface area (Å²) in [5.74, 6) is 3.28. The second-order valence-corrected chi connectivity index (χ2v) is 6.60. The third-order valence-electron chi connectivity index (χ3n) is 4.59. The van der Waals surface area contributed by atoms with Gasteiger partial charge in [0.25, 0.3) is 0 Å². The monoisotopic (exact) mass is 290 g/mol. The Hall–Kier alpha value is -1.32. The second-order valence-electron chi connectivity index (χ2n) is 6.60. The van der Waals surface area contributed by atoms with E-state index in [4.69, 9.17) is 9.97 Å². The van der Waals surface area contributed by atoms with Crippen molar-refractivity contribution >= 4 is 11.6 Å². The van der Waals surface area contributed by atoms with E-state index in [-0.39, 0.29) is 5.54 Å². The van der Waals surface area contributed by atoms with E-state index in [1.807, 2.05) is 0 Å². The van der Waals surface area contributed by atoms with Crippen molar-refractivity contribution in [3.8, 4) is 0 Å². The molecule has 0 saturated heterocycles. The Morgan fingerprint density at radius 1 is 1.14 bits per heavy atom. The van der Waals surface area contributed by atoms with Crippen molar-refractivity contribution in [2.24, 2.45) is 0 Å². The van der Waals surface area contributed by atoms with Gasteiger partial charge in [0.1, 0.15) is 17.5 Å². The van der Waals surface area contributed by atoms with Crippen molar-refractivity contribution in [3.63, 3.8) is 0 Å². The molecule has 1 aromatic heterocycles. The quantitative estimate of drug-likeness (QED) is 0.777. The van der Waals surface area contributed by atoms with Crippen molar-refractivity contribution in [3.05, 3.63) is 11.4 Å². The van der Waals surface area contributed by atoms with Gasteiger partial charge in [0.2, 0.25) is 0 Å². The van der Waals surface area contributed by atoms with Crippen LogP contribution in [0.3, 0.4) is 0 Å². The van der Waals surface area contributed by atoms with E-state index < -0.39 is 0 Å². The van der Waals surface area contributed by atoms with Gasteiger partial charge >= 0.3 is 0 Å². The normalized spacial score (nSPS) is 16.7. The van der Waals surface area contributed by atoms with Crippen molar-refractivity contribution < 1.29 is 0 Å². The van der Waals surface area contributed by atoms with Crippen molar-refractivity contribution in [2.45, 2.75) is 78.2 Å². The smallest absolute Gasteiger partial charge is 0.135 e. The summed E-state index contributed by atoms with van der Waals surface area (Å²) < 4.78 is 0. The molecule has 0 radical (unpaired) electrons. The minimum absolute atomic E-state index is 0.259. The van der Waals surface area contributed by atoms with E-state index in [1.54, 1.807) is 0 Å².